The van der Waals surface area contributed by atoms with Crippen molar-refractivity contribution in [3.8, 4) is 67.5 Å². The highest BCUT2D eigenvalue weighted by molar-refractivity contribution is 6.12. The molecule has 7 heteroatoms. The maximum Gasteiger partial charge on any atom is 0.420 e. The number of halogens is 3. The lowest BCUT2D eigenvalue weighted by Gasteiger charge is -2.23. The summed E-state index contributed by atoms with van der Waals surface area (Å²) in [5.74, 6) is 0.463. The topological polar surface area (TPSA) is 35.6 Å². The van der Waals surface area contributed by atoms with Gasteiger partial charge in [0.2, 0.25) is 0 Å². The van der Waals surface area contributed by atoms with Gasteiger partial charge in [0.15, 0.2) is 5.82 Å². The Morgan fingerprint density at radius 1 is 0.303 bits per heavy atom. The molecule has 0 aliphatic rings. The Hall–Kier alpha value is -8.55. The zero-order valence-electron chi connectivity index (χ0n) is 35.3. The maximum atomic E-state index is 16.7. The molecule has 0 spiro atoms. The van der Waals surface area contributed by atoms with Gasteiger partial charge >= 0.3 is 6.18 Å². The molecular formula is C59H37F3N4. The Bertz CT molecular complexity index is 3550. The SMILES string of the molecule is FC(F)(F)c1c(-n2c3ccccc3c3cc(-c4ccccc4)ccc32)cc(-c2cc(-c3ccccc3)nc(-c3ccccc3)n2)cc1-n1c2ccccc2c2cc(-c3ccccc3)ccc21. The normalized spacial score (nSPS) is 11.9. The van der Waals surface area contributed by atoms with E-state index >= 15 is 13.2 Å². The van der Waals surface area contributed by atoms with E-state index in [1.54, 1.807) is 21.3 Å². The van der Waals surface area contributed by atoms with Crippen molar-refractivity contribution in [3.05, 3.63) is 230 Å². The number of nitrogens with zero attached hydrogens (tertiary/aromatic N) is 4. The molecule has 314 valence electrons. The van der Waals surface area contributed by atoms with Crippen molar-refractivity contribution < 1.29 is 13.2 Å². The van der Waals surface area contributed by atoms with E-state index in [-0.39, 0.29) is 11.4 Å². The van der Waals surface area contributed by atoms with Crippen molar-refractivity contribution in [1.82, 2.24) is 19.1 Å². The average molecular weight is 859 g/mol. The molecule has 0 saturated carbocycles. The van der Waals surface area contributed by atoms with E-state index in [1.807, 2.05) is 200 Å². The molecule has 12 rings (SSSR count). The number of hydrogen-bond acceptors (Lipinski definition) is 2. The molecule has 0 saturated heterocycles. The van der Waals surface area contributed by atoms with Crippen molar-refractivity contribution >= 4 is 43.6 Å². The minimum atomic E-state index is -4.82. The molecule has 0 atom stereocenters. The molecule has 0 aliphatic carbocycles. The molecule has 0 bridgehead atoms. The van der Waals surface area contributed by atoms with Gasteiger partial charge in [0.1, 0.15) is 5.56 Å². The molecular weight excluding hydrogens is 822 g/mol. The van der Waals surface area contributed by atoms with E-state index in [2.05, 4.69) is 12.1 Å². The third-order valence-electron chi connectivity index (χ3n) is 12.5. The summed E-state index contributed by atoms with van der Waals surface area (Å²) in [7, 11) is 0. The molecule has 0 N–H and O–H groups in total. The zero-order chi connectivity index (χ0) is 44.4. The number of aromatic nitrogens is 4. The van der Waals surface area contributed by atoms with Crippen LogP contribution in [0.5, 0.6) is 0 Å². The van der Waals surface area contributed by atoms with E-state index < -0.39 is 11.7 Å². The maximum absolute atomic E-state index is 16.7. The lowest BCUT2D eigenvalue weighted by molar-refractivity contribution is -0.137. The number of rotatable bonds is 7. The fourth-order valence-electron chi connectivity index (χ4n) is 9.56. The molecule has 4 nitrogen and oxygen atoms in total. The van der Waals surface area contributed by atoms with Crippen LogP contribution in [0.25, 0.3) is 111 Å². The quantitative estimate of drug-likeness (QED) is 0.160. The van der Waals surface area contributed by atoms with Crippen LogP contribution in [0.1, 0.15) is 5.56 Å². The number of alkyl halides is 3. The van der Waals surface area contributed by atoms with Crippen LogP contribution in [0.2, 0.25) is 0 Å². The predicted molar refractivity (Wildman–Crippen MR) is 263 cm³/mol. The summed E-state index contributed by atoms with van der Waals surface area (Å²) >= 11 is 0. The van der Waals surface area contributed by atoms with Crippen LogP contribution >= 0.6 is 0 Å². The summed E-state index contributed by atoms with van der Waals surface area (Å²) < 4.78 is 53.7. The van der Waals surface area contributed by atoms with Gasteiger partial charge < -0.3 is 9.13 Å². The summed E-state index contributed by atoms with van der Waals surface area (Å²) in [6.07, 6.45) is -4.82. The van der Waals surface area contributed by atoms with Gasteiger partial charge in [0, 0.05) is 38.2 Å². The standard InChI is InChI=1S/C59H37F3N4/c60-59(61,62)57-55(65-51-27-15-13-25-45(51)47-33-42(29-31-53(47)65)38-17-5-1-6-18-38)35-44(50-37-49(40-21-9-3-10-22-40)63-58(64-50)41-23-11-4-12-24-41)36-56(57)66-52-28-16-14-26-46(52)48-34-43(30-32-54(48)66)39-19-7-2-8-20-39/h1-37H. The molecule has 3 aromatic heterocycles. The molecule has 12 aromatic rings. The van der Waals surface area contributed by atoms with Crippen LogP contribution in [0.4, 0.5) is 13.2 Å². The fourth-order valence-corrected chi connectivity index (χ4v) is 9.56. The van der Waals surface area contributed by atoms with E-state index in [4.69, 9.17) is 9.97 Å². The van der Waals surface area contributed by atoms with Crippen LogP contribution in [0.3, 0.4) is 0 Å². The summed E-state index contributed by atoms with van der Waals surface area (Å²) in [6, 6.07) is 72.2. The second-order valence-electron chi connectivity index (χ2n) is 16.5. The van der Waals surface area contributed by atoms with Gasteiger partial charge in [-0.2, -0.15) is 13.2 Å². The van der Waals surface area contributed by atoms with Gasteiger partial charge in [-0.1, -0.05) is 170 Å². The van der Waals surface area contributed by atoms with E-state index in [9.17, 15) is 0 Å². The Morgan fingerprint density at radius 3 is 1.14 bits per heavy atom. The highest BCUT2D eigenvalue weighted by Gasteiger charge is 2.40. The van der Waals surface area contributed by atoms with Gasteiger partial charge in [0.05, 0.1) is 44.8 Å². The number of benzene rings is 9. The molecule has 0 radical (unpaired) electrons. The number of para-hydroxylation sites is 2. The summed E-state index contributed by atoms with van der Waals surface area (Å²) in [4.78, 5) is 10.2. The zero-order valence-corrected chi connectivity index (χ0v) is 35.3. The summed E-state index contributed by atoms with van der Waals surface area (Å²) in [6.45, 7) is 0. The molecule has 0 aliphatic heterocycles. The molecule has 9 aromatic carbocycles. The average Bonchev–Trinajstić information content (AvgIpc) is 3.89. The van der Waals surface area contributed by atoms with Crippen molar-refractivity contribution in [2.24, 2.45) is 0 Å². The van der Waals surface area contributed by atoms with E-state index in [0.717, 1.165) is 54.9 Å². The smallest absolute Gasteiger partial charge is 0.309 e. The second-order valence-corrected chi connectivity index (χ2v) is 16.5. The Balaban J connectivity index is 1.22. The van der Waals surface area contributed by atoms with Crippen molar-refractivity contribution in [1.29, 1.82) is 0 Å². The minimum absolute atomic E-state index is 0.0124. The van der Waals surface area contributed by atoms with E-state index in [0.29, 0.717) is 44.8 Å². The Morgan fingerprint density at radius 2 is 0.682 bits per heavy atom. The second kappa shape index (κ2) is 15.6. The number of hydrogen-bond donors (Lipinski definition) is 0. The van der Waals surface area contributed by atoms with Crippen LogP contribution in [-0.4, -0.2) is 19.1 Å². The molecule has 0 unspecified atom stereocenters. The first-order valence-corrected chi connectivity index (χ1v) is 21.8. The fraction of sp³-hybridized carbons (Fsp3) is 0.0169. The highest BCUT2D eigenvalue weighted by atomic mass is 19.4. The van der Waals surface area contributed by atoms with Crippen LogP contribution < -0.4 is 0 Å². The minimum Gasteiger partial charge on any atom is -0.309 e. The van der Waals surface area contributed by atoms with E-state index in [1.165, 1.54) is 0 Å². The van der Waals surface area contributed by atoms with Crippen LogP contribution in [-0.2, 0) is 6.18 Å². The van der Waals surface area contributed by atoms with Crippen molar-refractivity contribution in [3.63, 3.8) is 0 Å². The first kappa shape index (κ1) is 39.1. The lowest BCUT2D eigenvalue weighted by atomic mass is 10.00. The van der Waals surface area contributed by atoms with Crippen LogP contribution in [0.15, 0.2) is 224 Å². The third-order valence-corrected chi connectivity index (χ3v) is 12.5. The number of fused-ring (bicyclic) bond motifs is 6. The van der Waals surface area contributed by atoms with Gasteiger partial charge in [0.25, 0.3) is 0 Å². The van der Waals surface area contributed by atoms with Gasteiger partial charge in [-0.15, -0.1) is 0 Å². The largest absolute Gasteiger partial charge is 0.420 e. The highest BCUT2D eigenvalue weighted by Crippen LogP contribution is 2.47. The lowest BCUT2D eigenvalue weighted by Crippen LogP contribution is -2.16. The molecule has 0 amide bonds. The first-order chi connectivity index (χ1) is 32.4. The third kappa shape index (κ3) is 6.63. The van der Waals surface area contributed by atoms with Crippen LogP contribution in [0, 0.1) is 0 Å². The summed E-state index contributed by atoms with van der Waals surface area (Å²) in [5, 5.41) is 3.38. The van der Waals surface area contributed by atoms with Crippen molar-refractivity contribution in [2.75, 3.05) is 0 Å². The van der Waals surface area contributed by atoms with Crippen molar-refractivity contribution in [2.45, 2.75) is 6.18 Å². The predicted octanol–water partition coefficient (Wildman–Crippen LogP) is 16.0. The first-order valence-electron chi connectivity index (χ1n) is 21.8. The molecule has 0 fully saturated rings. The van der Waals surface area contributed by atoms with Gasteiger partial charge in [-0.25, -0.2) is 9.97 Å². The van der Waals surface area contributed by atoms with Gasteiger partial charge in [-0.3, -0.25) is 0 Å². The molecule has 3 heterocycles. The monoisotopic (exact) mass is 858 g/mol. The van der Waals surface area contributed by atoms with Gasteiger partial charge in [-0.05, 0) is 76.9 Å². The Labute approximate surface area is 378 Å². The summed E-state index contributed by atoms with van der Waals surface area (Å²) in [5.41, 5.74) is 9.08. The Kier molecular flexibility index (Phi) is 9.24. The molecule has 66 heavy (non-hydrogen) atoms.